The summed E-state index contributed by atoms with van der Waals surface area (Å²) in [6.07, 6.45) is 3.04. The van der Waals surface area contributed by atoms with Gasteiger partial charge >= 0.3 is 0 Å². The molecule has 2 aromatic carbocycles. The zero-order valence-corrected chi connectivity index (χ0v) is 16.0. The number of nitrogens with two attached hydrogens (primary N) is 1. The average Bonchev–Trinajstić information content (AvgIpc) is 2.64. The van der Waals surface area contributed by atoms with Crippen LogP contribution in [0.15, 0.2) is 59.5 Å². The van der Waals surface area contributed by atoms with Crippen molar-refractivity contribution in [2.45, 2.75) is 37.1 Å². The van der Waals surface area contributed by atoms with E-state index in [1.165, 1.54) is 5.56 Å². The van der Waals surface area contributed by atoms with E-state index in [9.17, 15) is 8.42 Å². The van der Waals surface area contributed by atoms with E-state index >= 15 is 0 Å². The molecule has 0 aliphatic heterocycles. The van der Waals surface area contributed by atoms with Crippen molar-refractivity contribution in [3.63, 3.8) is 0 Å². The number of aryl methyl sites for hydroxylation is 2. The molecule has 1 unspecified atom stereocenters. The van der Waals surface area contributed by atoms with Gasteiger partial charge < -0.3 is 10.5 Å². The molecule has 1 atom stereocenters. The molecule has 26 heavy (non-hydrogen) atoms. The topological polar surface area (TPSA) is 81.4 Å². The molecule has 0 saturated heterocycles. The zero-order chi connectivity index (χ0) is 18.8. The van der Waals surface area contributed by atoms with Crippen molar-refractivity contribution in [1.29, 1.82) is 0 Å². The summed E-state index contributed by atoms with van der Waals surface area (Å²) in [7, 11) is -3.53. The first-order valence-electron chi connectivity index (χ1n) is 8.91. The molecule has 0 fully saturated rings. The fraction of sp³-hybridized carbons (Fsp3) is 0.400. The van der Waals surface area contributed by atoms with E-state index in [2.05, 4.69) is 16.9 Å². The lowest BCUT2D eigenvalue weighted by Gasteiger charge is -2.14. The summed E-state index contributed by atoms with van der Waals surface area (Å²) in [5.41, 5.74) is 8.28. The smallest absolute Gasteiger partial charge is 0.240 e. The molecule has 0 aromatic heterocycles. The largest absolute Gasteiger partial charge is 0.380 e. The molecule has 2 rings (SSSR count). The Bertz CT molecular complexity index is 746. The number of unbranched alkanes of at least 4 members (excludes halogenated alkanes) is 1. The molecule has 0 radical (unpaired) electrons. The van der Waals surface area contributed by atoms with Gasteiger partial charge in [0.1, 0.15) is 0 Å². The SMILES string of the molecule is Cc1ccc(S(=O)(=O)NCC(N)COCCCCc2ccccc2)cc1. The maximum atomic E-state index is 12.2. The molecule has 0 heterocycles. The first-order chi connectivity index (χ1) is 12.5. The third-order valence-corrected chi connectivity index (χ3v) is 5.49. The standard InChI is InChI=1S/C20H28N2O3S/c1-17-10-12-20(13-11-17)26(23,24)22-15-19(21)16-25-14-6-5-9-18-7-3-2-4-8-18/h2-4,7-8,10-13,19,22H,5-6,9,14-16,21H2,1H3. The maximum absolute atomic E-state index is 12.2. The maximum Gasteiger partial charge on any atom is 0.240 e. The Labute approximate surface area is 156 Å². The lowest BCUT2D eigenvalue weighted by molar-refractivity contribution is 0.118. The number of hydrogen-bond acceptors (Lipinski definition) is 4. The second-order valence-corrected chi connectivity index (χ2v) is 8.21. The van der Waals surface area contributed by atoms with Gasteiger partial charge in [-0.1, -0.05) is 48.0 Å². The molecule has 0 aliphatic rings. The summed E-state index contributed by atoms with van der Waals surface area (Å²) in [4.78, 5) is 0.247. The summed E-state index contributed by atoms with van der Waals surface area (Å²) in [6, 6.07) is 16.7. The minimum atomic E-state index is -3.53. The van der Waals surface area contributed by atoms with Gasteiger partial charge in [-0.15, -0.1) is 0 Å². The van der Waals surface area contributed by atoms with Gasteiger partial charge in [-0.05, 0) is 43.9 Å². The quantitative estimate of drug-likeness (QED) is 0.591. The Hall–Kier alpha value is -1.73. The van der Waals surface area contributed by atoms with Crippen molar-refractivity contribution >= 4 is 10.0 Å². The van der Waals surface area contributed by atoms with Gasteiger partial charge in [-0.3, -0.25) is 0 Å². The normalized spacial score (nSPS) is 12.8. The lowest BCUT2D eigenvalue weighted by atomic mass is 10.1. The van der Waals surface area contributed by atoms with E-state index in [4.69, 9.17) is 10.5 Å². The third-order valence-electron chi connectivity index (χ3n) is 4.05. The Morgan fingerprint density at radius 3 is 2.42 bits per heavy atom. The summed E-state index contributed by atoms with van der Waals surface area (Å²) in [5, 5.41) is 0. The van der Waals surface area contributed by atoms with Crippen LogP contribution in [0.4, 0.5) is 0 Å². The van der Waals surface area contributed by atoms with Crippen LogP contribution in [0, 0.1) is 6.92 Å². The second kappa shape index (κ2) is 10.4. The molecule has 0 aliphatic carbocycles. The van der Waals surface area contributed by atoms with Crippen LogP contribution in [-0.4, -0.2) is 34.2 Å². The van der Waals surface area contributed by atoms with E-state index in [0.717, 1.165) is 24.8 Å². The van der Waals surface area contributed by atoms with Crippen molar-refractivity contribution in [3.8, 4) is 0 Å². The van der Waals surface area contributed by atoms with E-state index in [0.29, 0.717) is 13.2 Å². The van der Waals surface area contributed by atoms with Crippen LogP contribution in [0.2, 0.25) is 0 Å². The minimum Gasteiger partial charge on any atom is -0.380 e. The van der Waals surface area contributed by atoms with Crippen molar-refractivity contribution < 1.29 is 13.2 Å². The summed E-state index contributed by atoms with van der Waals surface area (Å²) in [6.45, 7) is 3.03. The number of ether oxygens (including phenoxy) is 1. The number of sulfonamides is 1. The Morgan fingerprint density at radius 2 is 1.73 bits per heavy atom. The van der Waals surface area contributed by atoms with Gasteiger partial charge in [0.25, 0.3) is 0 Å². The number of rotatable bonds is 11. The lowest BCUT2D eigenvalue weighted by Crippen LogP contribution is -2.40. The molecule has 5 nitrogen and oxygen atoms in total. The summed E-state index contributed by atoms with van der Waals surface area (Å²) < 4.78 is 32.5. The van der Waals surface area contributed by atoms with Gasteiger partial charge in [0.2, 0.25) is 10.0 Å². The highest BCUT2D eigenvalue weighted by molar-refractivity contribution is 7.89. The van der Waals surface area contributed by atoms with Crippen LogP contribution in [0.25, 0.3) is 0 Å². The predicted molar refractivity (Wildman–Crippen MR) is 105 cm³/mol. The van der Waals surface area contributed by atoms with Crippen molar-refractivity contribution in [2.24, 2.45) is 5.73 Å². The van der Waals surface area contributed by atoms with E-state index in [1.807, 2.05) is 25.1 Å². The summed E-state index contributed by atoms with van der Waals surface area (Å²) >= 11 is 0. The number of nitrogens with one attached hydrogen (secondary N) is 1. The van der Waals surface area contributed by atoms with Gasteiger partial charge in [0.05, 0.1) is 11.5 Å². The van der Waals surface area contributed by atoms with Crippen LogP contribution < -0.4 is 10.5 Å². The molecular formula is C20H28N2O3S. The highest BCUT2D eigenvalue weighted by atomic mass is 32.2. The van der Waals surface area contributed by atoms with Crippen LogP contribution in [0.1, 0.15) is 24.0 Å². The monoisotopic (exact) mass is 376 g/mol. The highest BCUT2D eigenvalue weighted by Crippen LogP contribution is 2.09. The number of hydrogen-bond donors (Lipinski definition) is 2. The molecule has 142 valence electrons. The second-order valence-electron chi connectivity index (χ2n) is 6.44. The zero-order valence-electron chi connectivity index (χ0n) is 15.2. The molecule has 3 N–H and O–H groups in total. The molecule has 0 spiro atoms. The van der Waals surface area contributed by atoms with Gasteiger partial charge in [-0.25, -0.2) is 13.1 Å². The Morgan fingerprint density at radius 1 is 1.04 bits per heavy atom. The predicted octanol–water partition coefficient (Wildman–Crippen LogP) is 2.64. The fourth-order valence-corrected chi connectivity index (χ4v) is 3.58. The van der Waals surface area contributed by atoms with Crippen molar-refractivity contribution in [1.82, 2.24) is 4.72 Å². The van der Waals surface area contributed by atoms with Gasteiger partial charge in [-0.2, -0.15) is 0 Å². The third kappa shape index (κ3) is 7.25. The molecule has 0 amide bonds. The molecule has 0 bridgehead atoms. The Kier molecular flexibility index (Phi) is 8.25. The Balaban J connectivity index is 1.60. The molecule has 0 saturated carbocycles. The van der Waals surface area contributed by atoms with Crippen molar-refractivity contribution in [3.05, 3.63) is 65.7 Å². The van der Waals surface area contributed by atoms with Crippen LogP contribution in [0.5, 0.6) is 0 Å². The fourth-order valence-electron chi connectivity index (χ4n) is 2.49. The van der Waals surface area contributed by atoms with E-state index < -0.39 is 10.0 Å². The van der Waals surface area contributed by atoms with Gasteiger partial charge in [0.15, 0.2) is 0 Å². The molecule has 2 aromatic rings. The first-order valence-corrected chi connectivity index (χ1v) is 10.4. The van der Waals surface area contributed by atoms with Crippen molar-refractivity contribution in [2.75, 3.05) is 19.8 Å². The average molecular weight is 377 g/mol. The van der Waals surface area contributed by atoms with Crippen LogP contribution in [-0.2, 0) is 21.2 Å². The number of benzene rings is 2. The first kappa shape index (κ1) is 20.6. The van der Waals surface area contributed by atoms with E-state index in [1.54, 1.807) is 24.3 Å². The van der Waals surface area contributed by atoms with Gasteiger partial charge in [0, 0.05) is 19.2 Å². The summed E-state index contributed by atoms with van der Waals surface area (Å²) in [5.74, 6) is 0. The molecule has 6 heteroatoms. The van der Waals surface area contributed by atoms with Crippen LogP contribution >= 0.6 is 0 Å². The van der Waals surface area contributed by atoms with Crippen LogP contribution in [0.3, 0.4) is 0 Å². The molecular weight excluding hydrogens is 348 g/mol. The van der Waals surface area contributed by atoms with E-state index in [-0.39, 0.29) is 17.5 Å². The minimum absolute atomic E-state index is 0.153. The highest BCUT2D eigenvalue weighted by Gasteiger charge is 2.15.